The van der Waals surface area contributed by atoms with Gasteiger partial charge in [-0.05, 0) is 49.8 Å². The van der Waals surface area contributed by atoms with Crippen LogP contribution in [0.15, 0.2) is 29.2 Å². The lowest BCUT2D eigenvalue weighted by Crippen LogP contribution is -2.19. The summed E-state index contributed by atoms with van der Waals surface area (Å²) in [4.78, 5) is 1.03. The van der Waals surface area contributed by atoms with Gasteiger partial charge in [-0.2, -0.15) is 13.2 Å². The van der Waals surface area contributed by atoms with Gasteiger partial charge in [-0.3, -0.25) is 0 Å². The highest BCUT2D eigenvalue weighted by Gasteiger charge is 2.25. The number of alkyl halides is 3. The predicted octanol–water partition coefficient (Wildman–Crippen LogP) is 5.18. The standard InChI is InChI=1S/C15H22F3NS/c1-3-10-19-12(2)13-5-7-14(8-6-13)20-11-4-9-15(16,17)18/h5-8,12,19H,3-4,9-11H2,1-2H3. The van der Waals surface area contributed by atoms with Crippen LogP contribution >= 0.6 is 11.8 Å². The van der Waals surface area contributed by atoms with Crippen LogP contribution in [0.1, 0.15) is 44.7 Å². The zero-order valence-electron chi connectivity index (χ0n) is 12.0. The van der Waals surface area contributed by atoms with Gasteiger partial charge >= 0.3 is 6.18 Å². The Hall–Kier alpha value is -0.680. The van der Waals surface area contributed by atoms with Crippen molar-refractivity contribution in [3.05, 3.63) is 29.8 Å². The SMILES string of the molecule is CCCNC(C)c1ccc(SCCCC(F)(F)F)cc1. The second kappa shape index (κ2) is 8.57. The Morgan fingerprint density at radius 2 is 1.85 bits per heavy atom. The molecule has 0 aliphatic heterocycles. The maximum atomic E-state index is 12.0. The van der Waals surface area contributed by atoms with Gasteiger partial charge in [-0.15, -0.1) is 11.8 Å². The molecule has 1 rings (SSSR count). The van der Waals surface area contributed by atoms with Crippen LogP contribution in [0.3, 0.4) is 0 Å². The minimum atomic E-state index is -4.04. The van der Waals surface area contributed by atoms with Crippen LogP contribution < -0.4 is 5.32 Å². The first-order chi connectivity index (χ1) is 9.42. The molecule has 0 spiro atoms. The molecule has 0 bridgehead atoms. The molecule has 20 heavy (non-hydrogen) atoms. The quantitative estimate of drug-likeness (QED) is 0.524. The van der Waals surface area contributed by atoms with Gasteiger partial charge in [0.05, 0.1) is 0 Å². The van der Waals surface area contributed by atoms with Gasteiger partial charge < -0.3 is 5.32 Å². The third-order valence-corrected chi connectivity index (χ3v) is 4.05. The van der Waals surface area contributed by atoms with Crippen molar-refractivity contribution >= 4 is 11.8 Å². The Morgan fingerprint density at radius 3 is 2.40 bits per heavy atom. The van der Waals surface area contributed by atoms with E-state index >= 15 is 0 Å². The fourth-order valence-electron chi connectivity index (χ4n) is 1.79. The minimum absolute atomic E-state index is 0.171. The number of hydrogen-bond acceptors (Lipinski definition) is 2. The molecule has 0 fully saturated rings. The summed E-state index contributed by atoms with van der Waals surface area (Å²) in [5, 5.41) is 3.41. The van der Waals surface area contributed by atoms with E-state index in [0.717, 1.165) is 17.9 Å². The average molecular weight is 305 g/mol. The maximum Gasteiger partial charge on any atom is 0.389 e. The minimum Gasteiger partial charge on any atom is -0.310 e. The van der Waals surface area contributed by atoms with Crippen molar-refractivity contribution in [2.24, 2.45) is 0 Å². The molecule has 1 aromatic carbocycles. The average Bonchev–Trinajstić information content (AvgIpc) is 2.40. The summed E-state index contributed by atoms with van der Waals surface area (Å²) in [7, 11) is 0. The molecule has 1 atom stereocenters. The van der Waals surface area contributed by atoms with Crippen LogP contribution in [-0.2, 0) is 0 Å². The van der Waals surface area contributed by atoms with E-state index < -0.39 is 12.6 Å². The van der Waals surface area contributed by atoms with Crippen molar-refractivity contribution in [3.8, 4) is 0 Å². The van der Waals surface area contributed by atoms with Crippen LogP contribution in [0.4, 0.5) is 13.2 Å². The summed E-state index contributed by atoms with van der Waals surface area (Å²) in [6.07, 6.45) is -3.47. The third kappa shape index (κ3) is 7.20. The fraction of sp³-hybridized carbons (Fsp3) is 0.600. The van der Waals surface area contributed by atoms with E-state index in [1.165, 1.54) is 17.3 Å². The lowest BCUT2D eigenvalue weighted by atomic mass is 10.1. The highest BCUT2D eigenvalue weighted by Crippen LogP contribution is 2.26. The first kappa shape index (κ1) is 17.4. The molecular weight excluding hydrogens is 283 g/mol. The molecule has 0 aliphatic carbocycles. The molecule has 114 valence electrons. The van der Waals surface area contributed by atoms with E-state index in [1.54, 1.807) is 0 Å². The fourth-order valence-corrected chi connectivity index (χ4v) is 2.65. The Labute approximate surface area is 123 Å². The van der Waals surface area contributed by atoms with Crippen LogP contribution in [0.2, 0.25) is 0 Å². The van der Waals surface area contributed by atoms with Crippen molar-refractivity contribution in [1.82, 2.24) is 5.32 Å². The lowest BCUT2D eigenvalue weighted by molar-refractivity contribution is -0.134. The molecule has 0 saturated heterocycles. The van der Waals surface area contributed by atoms with Crippen LogP contribution in [-0.4, -0.2) is 18.5 Å². The number of rotatable bonds is 8. The molecule has 0 saturated carbocycles. The molecule has 1 aromatic rings. The largest absolute Gasteiger partial charge is 0.389 e. The van der Waals surface area contributed by atoms with E-state index in [4.69, 9.17) is 0 Å². The van der Waals surface area contributed by atoms with Gasteiger partial charge in [0.25, 0.3) is 0 Å². The van der Waals surface area contributed by atoms with Gasteiger partial charge in [0, 0.05) is 17.4 Å². The lowest BCUT2D eigenvalue weighted by Gasteiger charge is -2.14. The maximum absolute atomic E-state index is 12.0. The van der Waals surface area contributed by atoms with Gasteiger partial charge in [-0.25, -0.2) is 0 Å². The molecule has 1 N–H and O–H groups in total. The van der Waals surface area contributed by atoms with Gasteiger partial charge in [0.1, 0.15) is 0 Å². The van der Waals surface area contributed by atoms with Gasteiger partial charge in [0.15, 0.2) is 0 Å². The van der Waals surface area contributed by atoms with E-state index in [2.05, 4.69) is 19.2 Å². The Balaban J connectivity index is 2.35. The molecule has 0 heterocycles. The van der Waals surface area contributed by atoms with Crippen LogP contribution in [0.5, 0.6) is 0 Å². The number of halogens is 3. The zero-order chi connectivity index (χ0) is 15.0. The number of thioether (sulfide) groups is 1. The molecule has 0 amide bonds. The Bertz CT molecular complexity index is 376. The van der Waals surface area contributed by atoms with Crippen molar-refractivity contribution < 1.29 is 13.2 Å². The zero-order valence-corrected chi connectivity index (χ0v) is 12.8. The highest BCUT2D eigenvalue weighted by atomic mass is 32.2. The number of hydrogen-bond donors (Lipinski definition) is 1. The van der Waals surface area contributed by atoms with E-state index in [0.29, 0.717) is 11.8 Å². The van der Waals surface area contributed by atoms with E-state index in [-0.39, 0.29) is 6.42 Å². The first-order valence-corrected chi connectivity index (χ1v) is 7.94. The summed E-state index contributed by atoms with van der Waals surface area (Å²) in [6, 6.07) is 8.35. The third-order valence-electron chi connectivity index (χ3n) is 2.95. The number of nitrogens with one attached hydrogen (secondary N) is 1. The molecule has 1 unspecified atom stereocenters. The van der Waals surface area contributed by atoms with E-state index in [1.807, 2.05) is 24.3 Å². The second-order valence-corrected chi connectivity index (χ2v) is 5.98. The molecular formula is C15H22F3NS. The van der Waals surface area contributed by atoms with Crippen molar-refractivity contribution in [1.29, 1.82) is 0 Å². The normalized spacial score (nSPS) is 13.4. The van der Waals surface area contributed by atoms with Crippen molar-refractivity contribution in [2.75, 3.05) is 12.3 Å². The van der Waals surface area contributed by atoms with Gasteiger partial charge in [-0.1, -0.05) is 19.1 Å². The highest BCUT2D eigenvalue weighted by molar-refractivity contribution is 7.99. The Morgan fingerprint density at radius 1 is 1.20 bits per heavy atom. The summed E-state index contributed by atoms with van der Waals surface area (Å²) < 4.78 is 36.0. The smallest absolute Gasteiger partial charge is 0.310 e. The molecule has 0 radical (unpaired) electrons. The molecule has 5 heteroatoms. The van der Waals surface area contributed by atoms with Crippen LogP contribution in [0, 0.1) is 0 Å². The molecule has 0 aliphatic rings. The summed E-state index contributed by atoms with van der Waals surface area (Å²) in [5.74, 6) is 0.502. The predicted molar refractivity (Wildman–Crippen MR) is 79.2 cm³/mol. The summed E-state index contributed by atoms with van der Waals surface area (Å²) in [5.41, 5.74) is 1.21. The number of benzene rings is 1. The Kier molecular flexibility index (Phi) is 7.45. The monoisotopic (exact) mass is 305 g/mol. The first-order valence-electron chi connectivity index (χ1n) is 6.95. The summed E-state index contributed by atoms with van der Waals surface area (Å²) >= 11 is 1.48. The van der Waals surface area contributed by atoms with Crippen molar-refractivity contribution in [2.45, 2.75) is 50.2 Å². The van der Waals surface area contributed by atoms with Crippen LogP contribution in [0.25, 0.3) is 0 Å². The summed E-state index contributed by atoms with van der Waals surface area (Å²) in [6.45, 7) is 5.22. The van der Waals surface area contributed by atoms with E-state index in [9.17, 15) is 13.2 Å². The molecule has 0 aromatic heterocycles. The topological polar surface area (TPSA) is 12.0 Å². The second-order valence-electron chi connectivity index (χ2n) is 4.81. The molecule has 1 nitrogen and oxygen atoms in total. The van der Waals surface area contributed by atoms with Crippen molar-refractivity contribution in [3.63, 3.8) is 0 Å². The van der Waals surface area contributed by atoms with Gasteiger partial charge in [0.2, 0.25) is 0 Å².